The molecule has 0 spiro atoms. The molecule has 0 radical (unpaired) electrons. The van der Waals surface area contributed by atoms with Crippen LogP contribution in [0.25, 0.3) is 16.0 Å². The van der Waals surface area contributed by atoms with Gasteiger partial charge in [-0.2, -0.15) is 0 Å². The molecular weight excluding hydrogens is 196 g/mol. The summed E-state index contributed by atoms with van der Waals surface area (Å²) in [6.07, 6.45) is 2.68. The maximum Gasteiger partial charge on any atom is 0.195 e. The predicted octanol–water partition coefficient (Wildman–Crippen LogP) is 2.36. The number of fused-ring (bicyclic) bond motifs is 3. The van der Waals surface area contributed by atoms with Crippen LogP contribution in [-0.4, -0.2) is 15.7 Å². The van der Waals surface area contributed by atoms with E-state index in [2.05, 4.69) is 4.98 Å². The van der Waals surface area contributed by atoms with Gasteiger partial charge in [0.1, 0.15) is 0 Å². The lowest BCUT2D eigenvalue weighted by Gasteiger charge is -1.86. The van der Waals surface area contributed by atoms with Crippen molar-refractivity contribution in [3.8, 4) is 0 Å². The molecule has 0 bridgehead atoms. The molecule has 2 aromatic heterocycles. The van der Waals surface area contributed by atoms with E-state index in [0.29, 0.717) is 4.88 Å². The molecule has 0 saturated heterocycles. The topological polar surface area (TPSA) is 34.4 Å². The first kappa shape index (κ1) is 7.70. The summed E-state index contributed by atoms with van der Waals surface area (Å²) in [5.41, 5.74) is 2.02. The Hall–Kier alpha value is -1.68. The minimum atomic E-state index is 0.707. The van der Waals surface area contributed by atoms with E-state index in [1.165, 1.54) is 11.3 Å². The first-order valence-corrected chi connectivity index (χ1v) is 5.02. The number of thiazole rings is 1. The van der Waals surface area contributed by atoms with Crippen LogP contribution in [0.5, 0.6) is 0 Å². The number of benzene rings is 1. The Morgan fingerprint density at radius 1 is 1.36 bits per heavy atom. The molecule has 3 rings (SSSR count). The normalized spacial score (nSPS) is 11.1. The van der Waals surface area contributed by atoms with Crippen molar-refractivity contribution in [1.82, 2.24) is 9.38 Å². The summed E-state index contributed by atoms with van der Waals surface area (Å²) in [5, 5.41) is 0. The lowest BCUT2D eigenvalue weighted by Crippen LogP contribution is -1.76. The molecule has 3 nitrogen and oxygen atoms in total. The van der Waals surface area contributed by atoms with Crippen molar-refractivity contribution in [2.75, 3.05) is 0 Å². The Balaban J connectivity index is 2.50. The van der Waals surface area contributed by atoms with Crippen LogP contribution in [0.1, 0.15) is 9.67 Å². The van der Waals surface area contributed by atoms with Crippen molar-refractivity contribution in [2.24, 2.45) is 0 Å². The Kier molecular flexibility index (Phi) is 1.46. The second-order valence-electron chi connectivity index (χ2n) is 3.00. The van der Waals surface area contributed by atoms with Crippen LogP contribution >= 0.6 is 11.3 Å². The summed E-state index contributed by atoms with van der Waals surface area (Å²) in [7, 11) is 0. The quantitative estimate of drug-likeness (QED) is 0.568. The minimum Gasteiger partial charge on any atom is -0.297 e. The highest BCUT2D eigenvalue weighted by atomic mass is 32.1. The molecule has 0 saturated carbocycles. The summed E-state index contributed by atoms with van der Waals surface area (Å²) < 4.78 is 1.95. The van der Waals surface area contributed by atoms with Gasteiger partial charge in [-0.1, -0.05) is 23.5 Å². The van der Waals surface area contributed by atoms with Crippen LogP contribution in [-0.2, 0) is 0 Å². The van der Waals surface area contributed by atoms with Gasteiger partial charge in [0.2, 0.25) is 0 Å². The number of aldehydes is 1. The van der Waals surface area contributed by atoms with Crippen LogP contribution in [0.2, 0.25) is 0 Å². The average Bonchev–Trinajstić information content (AvgIpc) is 2.73. The highest BCUT2D eigenvalue weighted by molar-refractivity contribution is 7.18. The molecule has 0 unspecified atom stereocenters. The molecule has 0 aliphatic heterocycles. The standard InChI is InChI=1S/C10H6N2OS/c13-6-7-5-12-9-4-2-1-3-8(9)11-10(12)14-7/h1-6H. The lowest BCUT2D eigenvalue weighted by molar-refractivity contribution is 0.112. The molecule has 0 amide bonds. The van der Waals surface area contributed by atoms with Gasteiger partial charge in [-0.3, -0.25) is 9.20 Å². The van der Waals surface area contributed by atoms with E-state index in [-0.39, 0.29) is 0 Å². The van der Waals surface area contributed by atoms with E-state index in [0.717, 1.165) is 22.3 Å². The molecule has 0 atom stereocenters. The maximum absolute atomic E-state index is 10.6. The first-order valence-electron chi connectivity index (χ1n) is 4.20. The Morgan fingerprint density at radius 2 is 2.21 bits per heavy atom. The monoisotopic (exact) mass is 202 g/mol. The van der Waals surface area contributed by atoms with Crippen LogP contribution in [0.4, 0.5) is 0 Å². The number of hydrogen-bond acceptors (Lipinski definition) is 3. The fourth-order valence-corrected chi connectivity index (χ4v) is 2.34. The zero-order valence-corrected chi connectivity index (χ0v) is 7.99. The molecule has 14 heavy (non-hydrogen) atoms. The van der Waals surface area contributed by atoms with E-state index in [9.17, 15) is 4.79 Å². The maximum atomic E-state index is 10.6. The largest absolute Gasteiger partial charge is 0.297 e. The number of imidazole rings is 1. The van der Waals surface area contributed by atoms with Gasteiger partial charge >= 0.3 is 0 Å². The summed E-state index contributed by atoms with van der Waals surface area (Å²) in [6, 6.07) is 7.89. The lowest BCUT2D eigenvalue weighted by atomic mass is 10.3. The van der Waals surface area contributed by atoms with Crippen LogP contribution in [0, 0.1) is 0 Å². The number of carbonyl (C=O) groups excluding carboxylic acids is 1. The molecule has 0 aliphatic rings. The third-order valence-electron chi connectivity index (χ3n) is 2.15. The second-order valence-corrected chi connectivity index (χ2v) is 4.05. The van der Waals surface area contributed by atoms with Crippen molar-refractivity contribution in [2.45, 2.75) is 0 Å². The number of aromatic nitrogens is 2. The number of carbonyl (C=O) groups is 1. The molecule has 68 valence electrons. The van der Waals surface area contributed by atoms with Gasteiger partial charge in [0.25, 0.3) is 0 Å². The SMILES string of the molecule is O=Cc1cn2c(nc3ccccc32)s1. The summed E-state index contributed by atoms with van der Waals surface area (Å²) in [4.78, 5) is 16.6. The average molecular weight is 202 g/mol. The first-order chi connectivity index (χ1) is 6.88. The summed E-state index contributed by atoms with van der Waals surface area (Å²) in [6.45, 7) is 0. The zero-order chi connectivity index (χ0) is 9.54. The molecule has 1 aromatic carbocycles. The number of para-hydroxylation sites is 2. The molecular formula is C10H6N2OS. The third-order valence-corrected chi connectivity index (χ3v) is 3.05. The van der Waals surface area contributed by atoms with Gasteiger partial charge in [-0.15, -0.1) is 0 Å². The predicted molar refractivity (Wildman–Crippen MR) is 56.0 cm³/mol. The van der Waals surface area contributed by atoms with Crippen LogP contribution < -0.4 is 0 Å². The number of nitrogens with zero attached hydrogens (tertiary/aromatic N) is 2. The Labute approximate surface area is 83.6 Å². The molecule has 2 heterocycles. The smallest absolute Gasteiger partial charge is 0.195 e. The van der Waals surface area contributed by atoms with Gasteiger partial charge in [0.15, 0.2) is 11.2 Å². The fraction of sp³-hybridized carbons (Fsp3) is 0. The van der Waals surface area contributed by atoms with Crippen LogP contribution in [0.3, 0.4) is 0 Å². The van der Waals surface area contributed by atoms with Crippen LogP contribution in [0.15, 0.2) is 30.5 Å². The minimum absolute atomic E-state index is 0.707. The third kappa shape index (κ3) is 0.914. The van der Waals surface area contributed by atoms with E-state index < -0.39 is 0 Å². The summed E-state index contributed by atoms with van der Waals surface area (Å²) >= 11 is 1.41. The van der Waals surface area contributed by atoms with Crippen molar-refractivity contribution < 1.29 is 4.79 Å². The van der Waals surface area contributed by atoms with Crippen molar-refractivity contribution in [1.29, 1.82) is 0 Å². The van der Waals surface area contributed by atoms with Gasteiger partial charge in [-0.25, -0.2) is 4.98 Å². The van der Waals surface area contributed by atoms with Gasteiger partial charge in [-0.05, 0) is 12.1 Å². The van der Waals surface area contributed by atoms with E-state index >= 15 is 0 Å². The molecule has 0 N–H and O–H groups in total. The molecule has 0 aliphatic carbocycles. The second kappa shape index (κ2) is 2.65. The number of hydrogen-bond donors (Lipinski definition) is 0. The van der Waals surface area contributed by atoms with Crippen molar-refractivity contribution in [3.05, 3.63) is 35.3 Å². The van der Waals surface area contributed by atoms with E-state index in [1.54, 1.807) is 0 Å². The number of rotatable bonds is 1. The van der Waals surface area contributed by atoms with Gasteiger partial charge in [0, 0.05) is 6.20 Å². The molecule has 4 heteroatoms. The fourth-order valence-electron chi connectivity index (χ4n) is 1.53. The Morgan fingerprint density at radius 3 is 3.07 bits per heavy atom. The molecule has 3 aromatic rings. The highest BCUT2D eigenvalue weighted by Crippen LogP contribution is 2.22. The Bertz CT molecular complexity index is 623. The van der Waals surface area contributed by atoms with E-state index in [1.807, 2.05) is 34.9 Å². The van der Waals surface area contributed by atoms with Crippen molar-refractivity contribution >= 4 is 33.6 Å². The molecule has 0 fully saturated rings. The van der Waals surface area contributed by atoms with Gasteiger partial charge in [0.05, 0.1) is 15.9 Å². The highest BCUT2D eigenvalue weighted by Gasteiger charge is 2.06. The van der Waals surface area contributed by atoms with E-state index in [4.69, 9.17) is 0 Å². The van der Waals surface area contributed by atoms with Crippen molar-refractivity contribution in [3.63, 3.8) is 0 Å². The summed E-state index contributed by atoms with van der Waals surface area (Å²) in [5.74, 6) is 0. The zero-order valence-electron chi connectivity index (χ0n) is 7.18. The van der Waals surface area contributed by atoms with Gasteiger partial charge < -0.3 is 0 Å².